The smallest absolute Gasteiger partial charge is 0.155 e. The Balaban J connectivity index is 1.66. The normalized spacial score (nSPS) is 15.1. The number of rotatable bonds is 2. The lowest BCUT2D eigenvalue weighted by Crippen LogP contribution is -2.20. The van der Waals surface area contributed by atoms with Crippen LogP contribution in [0.15, 0.2) is 42.7 Å². The lowest BCUT2D eigenvalue weighted by atomic mass is 10.0. The SMILES string of the molecule is C1=C(c2cnc3[nH]nc(-c4cc5cccnc5[nH]4)c3c2)CCNC1. The minimum Gasteiger partial charge on any atom is -0.338 e. The second-order valence-corrected chi connectivity index (χ2v) is 6.00. The molecule has 0 spiro atoms. The van der Waals surface area contributed by atoms with E-state index in [0.29, 0.717) is 0 Å². The van der Waals surface area contributed by atoms with E-state index < -0.39 is 0 Å². The van der Waals surface area contributed by atoms with Crippen molar-refractivity contribution in [2.75, 3.05) is 13.1 Å². The topological polar surface area (TPSA) is 82.3 Å². The van der Waals surface area contributed by atoms with Crippen molar-refractivity contribution < 1.29 is 0 Å². The van der Waals surface area contributed by atoms with Crippen LogP contribution >= 0.6 is 0 Å². The monoisotopic (exact) mass is 316 g/mol. The van der Waals surface area contributed by atoms with Crippen LogP contribution in [0.2, 0.25) is 0 Å². The average molecular weight is 316 g/mol. The maximum Gasteiger partial charge on any atom is 0.155 e. The zero-order valence-corrected chi connectivity index (χ0v) is 13.0. The third-order valence-electron chi connectivity index (χ3n) is 4.50. The van der Waals surface area contributed by atoms with Crippen molar-refractivity contribution >= 4 is 27.6 Å². The number of aromatic nitrogens is 5. The molecule has 0 bridgehead atoms. The molecule has 118 valence electrons. The van der Waals surface area contributed by atoms with Crippen LogP contribution in [0.4, 0.5) is 0 Å². The minimum atomic E-state index is 0.801. The third kappa shape index (κ3) is 2.11. The first-order valence-electron chi connectivity index (χ1n) is 8.07. The first kappa shape index (κ1) is 13.4. The van der Waals surface area contributed by atoms with Crippen molar-refractivity contribution in [2.24, 2.45) is 0 Å². The first-order valence-corrected chi connectivity index (χ1v) is 8.07. The lowest BCUT2D eigenvalue weighted by molar-refractivity contribution is 0.738. The van der Waals surface area contributed by atoms with Crippen LogP contribution in [0.3, 0.4) is 0 Å². The number of fused-ring (bicyclic) bond motifs is 2. The number of nitrogens with zero attached hydrogens (tertiary/aromatic N) is 3. The van der Waals surface area contributed by atoms with E-state index in [4.69, 9.17) is 0 Å². The minimum absolute atomic E-state index is 0.801. The molecule has 1 aliphatic heterocycles. The van der Waals surface area contributed by atoms with E-state index in [0.717, 1.165) is 53.0 Å². The van der Waals surface area contributed by atoms with Gasteiger partial charge in [0.2, 0.25) is 0 Å². The van der Waals surface area contributed by atoms with Gasteiger partial charge < -0.3 is 10.3 Å². The van der Waals surface area contributed by atoms with Gasteiger partial charge in [-0.2, -0.15) is 5.10 Å². The molecule has 0 fully saturated rings. The van der Waals surface area contributed by atoms with Gasteiger partial charge in [-0.25, -0.2) is 9.97 Å². The molecular weight excluding hydrogens is 300 g/mol. The summed E-state index contributed by atoms with van der Waals surface area (Å²) in [7, 11) is 0. The standard InChI is InChI=1S/C18H16N6/c1-2-12-9-15(22-17(12)20-5-1)16-14-8-13(10-21-18(14)24-23-16)11-3-6-19-7-4-11/h1-3,5,8-10,19H,4,6-7H2,(H,20,22)(H,21,23,24). The summed E-state index contributed by atoms with van der Waals surface area (Å²) in [5.74, 6) is 0. The van der Waals surface area contributed by atoms with Gasteiger partial charge in [0.25, 0.3) is 0 Å². The van der Waals surface area contributed by atoms with Gasteiger partial charge in [-0.1, -0.05) is 6.08 Å². The summed E-state index contributed by atoms with van der Waals surface area (Å²) >= 11 is 0. The number of nitrogens with one attached hydrogen (secondary N) is 3. The molecule has 4 aromatic rings. The molecular formula is C18H16N6. The summed E-state index contributed by atoms with van der Waals surface area (Å²) in [5.41, 5.74) is 6.01. The Labute approximate surface area is 138 Å². The van der Waals surface area contributed by atoms with Crippen LogP contribution in [-0.4, -0.2) is 38.2 Å². The van der Waals surface area contributed by atoms with Crippen molar-refractivity contribution in [1.82, 2.24) is 30.5 Å². The summed E-state index contributed by atoms with van der Waals surface area (Å²) in [6.07, 6.45) is 6.97. The number of pyridine rings is 2. The van der Waals surface area contributed by atoms with Crippen LogP contribution in [0.25, 0.3) is 39.0 Å². The highest BCUT2D eigenvalue weighted by Crippen LogP contribution is 2.29. The van der Waals surface area contributed by atoms with Gasteiger partial charge in [-0.15, -0.1) is 0 Å². The van der Waals surface area contributed by atoms with E-state index in [-0.39, 0.29) is 0 Å². The molecule has 24 heavy (non-hydrogen) atoms. The van der Waals surface area contributed by atoms with E-state index in [1.165, 1.54) is 11.1 Å². The molecule has 0 radical (unpaired) electrons. The second-order valence-electron chi connectivity index (χ2n) is 6.00. The molecule has 0 saturated heterocycles. The van der Waals surface area contributed by atoms with Gasteiger partial charge in [-0.05, 0) is 48.4 Å². The molecule has 4 aromatic heterocycles. The van der Waals surface area contributed by atoms with Gasteiger partial charge in [-0.3, -0.25) is 5.10 Å². The van der Waals surface area contributed by atoms with E-state index in [1.54, 1.807) is 6.20 Å². The molecule has 0 aromatic carbocycles. The number of H-pyrrole nitrogens is 2. The average Bonchev–Trinajstić information content (AvgIpc) is 3.25. The molecule has 5 heterocycles. The van der Waals surface area contributed by atoms with Gasteiger partial charge in [0.15, 0.2) is 5.65 Å². The van der Waals surface area contributed by atoms with E-state index in [2.05, 4.69) is 48.7 Å². The highest BCUT2D eigenvalue weighted by molar-refractivity contribution is 5.94. The largest absolute Gasteiger partial charge is 0.338 e. The summed E-state index contributed by atoms with van der Waals surface area (Å²) in [6.45, 7) is 1.93. The Hall–Kier alpha value is -2.99. The van der Waals surface area contributed by atoms with Crippen molar-refractivity contribution in [1.29, 1.82) is 0 Å². The molecule has 0 saturated carbocycles. The molecule has 0 amide bonds. The Morgan fingerprint density at radius 1 is 1.08 bits per heavy atom. The van der Waals surface area contributed by atoms with Crippen LogP contribution in [0.5, 0.6) is 0 Å². The van der Waals surface area contributed by atoms with E-state index >= 15 is 0 Å². The fraction of sp³-hybridized carbons (Fsp3) is 0.167. The summed E-state index contributed by atoms with van der Waals surface area (Å²) in [6, 6.07) is 8.23. The second kappa shape index (κ2) is 5.28. The van der Waals surface area contributed by atoms with Crippen molar-refractivity contribution in [2.45, 2.75) is 6.42 Å². The maximum absolute atomic E-state index is 4.55. The van der Waals surface area contributed by atoms with Crippen molar-refractivity contribution in [3.8, 4) is 11.4 Å². The Morgan fingerprint density at radius 3 is 2.96 bits per heavy atom. The van der Waals surface area contributed by atoms with Crippen LogP contribution in [0, 0.1) is 0 Å². The lowest BCUT2D eigenvalue weighted by Gasteiger charge is -2.13. The maximum atomic E-state index is 4.55. The summed E-state index contributed by atoms with van der Waals surface area (Å²) in [5, 5.41) is 12.9. The van der Waals surface area contributed by atoms with Crippen molar-refractivity contribution in [3.05, 3.63) is 48.3 Å². The van der Waals surface area contributed by atoms with Gasteiger partial charge in [0.1, 0.15) is 11.3 Å². The molecule has 6 nitrogen and oxygen atoms in total. The van der Waals surface area contributed by atoms with Gasteiger partial charge >= 0.3 is 0 Å². The zero-order chi connectivity index (χ0) is 15.9. The van der Waals surface area contributed by atoms with Crippen molar-refractivity contribution in [3.63, 3.8) is 0 Å². The fourth-order valence-electron chi connectivity index (χ4n) is 3.25. The first-order chi connectivity index (χ1) is 11.9. The molecule has 3 N–H and O–H groups in total. The quantitative estimate of drug-likeness (QED) is 0.531. The molecule has 1 aliphatic rings. The van der Waals surface area contributed by atoms with Gasteiger partial charge in [0.05, 0.1) is 5.69 Å². The Morgan fingerprint density at radius 2 is 2.08 bits per heavy atom. The van der Waals surface area contributed by atoms with E-state index in [1.807, 2.05) is 18.3 Å². The molecule has 5 rings (SSSR count). The van der Waals surface area contributed by atoms with Gasteiger partial charge in [0, 0.05) is 29.7 Å². The van der Waals surface area contributed by atoms with Crippen LogP contribution < -0.4 is 5.32 Å². The fourth-order valence-corrected chi connectivity index (χ4v) is 3.25. The zero-order valence-electron chi connectivity index (χ0n) is 13.0. The van der Waals surface area contributed by atoms with Crippen LogP contribution in [0.1, 0.15) is 12.0 Å². The molecule has 0 aliphatic carbocycles. The summed E-state index contributed by atoms with van der Waals surface area (Å²) < 4.78 is 0. The van der Waals surface area contributed by atoms with Crippen LogP contribution in [-0.2, 0) is 0 Å². The predicted molar refractivity (Wildman–Crippen MR) is 94.4 cm³/mol. The summed E-state index contributed by atoms with van der Waals surface area (Å²) in [4.78, 5) is 12.2. The highest BCUT2D eigenvalue weighted by Gasteiger charge is 2.14. The molecule has 0 atom stereocenters. The number of hydrogen-bond donors (Lipinski definition) is 3. The predicted octanol–water partition coefficient (Wildman–Crippen LogP) is 2.88. The molecule has 0 unspecified atom stereocenters. The molecule has 6 heteroatoms. The Bertz CT molecular complexity index is 1040. The number of aromatic amines is 2. The number of hydrogen-bond acceptors (Lipinski definition) is 4. The Kier molecular flexibility index (Phi) is 2.96. The van der Waals surface area contributed by atoms with E-state index in [9.17, 15) is 0 Å². The highest BCUT2D eigenvalue weighted by atomic mass is 15.2. The third-order valence-corrected chi connectivity index (χ3v) is 4.50.